The maximum Gasteiger partial charge on any atom is 0.421 e. The molecule has 0 saturated heterocycles. The Bertz CT molecular complexity index is 332. The molecule has 0 unspecified atom stereocenters. The molecule has 0 aromatic heterocycles. The molecule has 17 heavy (non-hydrogen) atoms. The normalized spacial score (nSPS) is 11.9. The first-order valence-corrected chi connectivity index (χ1v) is 7.93. The Morgan fingerprint density at radius 3 is 2.47 bits per heavy atom. The van der Waals surface area contributed by atoms with E-state index in [0.29, 0.717) is 18.3 Å². The Kier molecular flexibility index (Phi) is 7.73. The molecule has 0 aliphatic carbocycles. The van der Waals surface area contributed by atoms with Crippen LogP contribution in [-0.2, 0) is 14.9 Å². The summed E-state index contributed by atoms with van der Waals surface area (Å²) in [5.41, 5.74) is 0. The van der Waals surface area contributed by atoms with E-state index in [-0.39, 0.29) is 12.6 Å². The maximum absolute atomic E-state index is 11.9. The summed E-state index contributed by atoms with van der Waals surface area (Å²) >= 11 is 3.24. The van der Waals surface area contributed by atoms with E-state index in [1.54, 1.807) is 20.8 Å². The number of rotatable bonds is 7. The molecule has 0 fully saturated rings. The van der Waals surface area contributed by atoms with Gasteiger partial charge in [-0.1, -0.05) is 15.9 Å². The highest BCUT2D eigenvalue weighted by Gasteiger charge is 2.26. The minimum atomic E-state index is -3.83. The number of nitrogens with zero attached hydrogens (tertiary/aromatic N) is 1. The van der Waals surface area contributed by atoms with Crippen LogP contribution in [0.15, 0.2) is 0 Å². The van der Waals surface area contributed by atoms with Gasteiger partial charge < -0.3 is 4.74 Å². The smallest absolute Gasteiger partial charge is 0.421 e. The minimum Gasteiger partial charge on any atom is -0.449 e. The quantitative estimate of drug-likeness (QED) is 0.717. The van der Waals surface area contributed by atoms with Gasteiger partial charge in [-0.2, -0.15) is 12.7 Å². The van der Waals surface area contributed by atoms with Crippen molar-refractivity contribution in [3.63, 3.8) is 0 Å². The lowest BCUT2D eigenvalue weighted by molar-refractivity contribution is 0.157. The largest absolute Gasteiger partial charge is 0.449 e. The Morgan fingerprint density at radius 1 is 1.47 bits per heavy atom. The lowest BCUT2D eigenvalue weighted by atomic mass is 10.4. The number of halogens is 1. The summed E-state index contributed by atoms with van der Waals surface area (Å²) in [5.74, 6) is 0. The standard InChI is InChI=1S/C9H19BrN2O4S/c1-4-16-9(13)11-17(14,15)12(8(2)3)7-5-6-10/h8H,4-7H2,1-3H3,(H,11,13). The molecule has 1 amide bonds. The summed E-state index contributed by atoms with van der Waals surface area (Å²) in [5, 5.41) is 0.700. The van der Waals surface area contributed by atoms with Gasteiger partial charge in [-0.05, 0) is 27.2 Å². The number of carbonyl (C=O) groups excluding carboxylic acids is 1. The molecule has 0 spiro atoms. The minimum absolute atomic E-state index is 0.129. The zero-order valence-electron chi connectivity index (χ0n) is 10.3. The second-order valence-corrected chi connectivity index (χ2v) is 5.99. The topological polar surface area (TPSA) is 75.7 Å². The van der Waals surface area contributed by atoms with E-state index in [0.717, 1.165) is 0 Å². The molecule has 0 heterocycles. The number of ether oxygens (including phenoxy) is 1. The molecule has 0 radical (unpaired) electrons. The van der Waals surface area contributed by atoms with E-state index < -0.39 is 16.3 Å². The van der Waals surface area contributed by atoms with Gasteiger partial charge in [0.15, 0.2) is 0 Å². The Hall–Kier alpha value is -0.340. The molecule has 0 aromatic rings. The molecule has 0 aliphatic heterocycles. The van der Waals surface area contributed by atoms with Crippen molar-refractivity contribution in [1.29, 1.82) is 0 Å². The fourth-order valence-electron chi connectivity index (χ4n) is 1.20. The van der Waals surface area contributed by atoms with E-state index in [1.165, 1.54) is 4.31 Å². The van der Waals surface area contributed by atoms with Crippen LogP contribution in [0, 0.1) is 0 Å². The zero-order valence-corrected chi connectivity index (χ0v) is 12.7. The second-order valence-electron chi connectivity index (χ2n) is 3.57. The third-order valence-corrected chi connectivity index (χ3v) is 4.09. The Balaban J connectivity index is 4.66. The van der Waals surface area contributed by atoms with Crippen LogP contribution in [0.2, 0.25) is 0 Å². The van der Waals surface area contributed by atoms with Gasteiger partial charge in [0.25, 0.3) is 0 Å². The molecule has 6 nitrogen and oxygen atoms in total. The first-order chi connectivity index (χ1) is 7.85. The van der Waals surface area contributed by atoms with Gasteiger partial charge >= 0.3 is 16.3 Å². The van der Waals surface area contributed by atoms with Crippen molar-refractivity contribution in [2.75, 3.05) is 18.5 Å². The first kappa shape index (κ1) is 16.7. The van der Waals surface area contributed by atoms with Crippen LogP contribution in [-0.4, -0.2) is 43.3 Å². The van der Waals surface area contributed by atoms with Crippen LogP contribution in [0.1, 0.15) is 27.2 Å². The monoisotopic (exact) mass is 330 g/mol. The highest BCUT2D eigenvalue weighted by atomic mass is 79.9. The van der Waals surface area contributed by atoms with Crippen LogP contribution < -0.4 is 4.72 Å². The summed E-state index contributed by atoms with van der Waals surface area (Å²) in [6, 6.07) is -0.221. The number of nitrogens with one attached hydrogen (secondary N) is 1. The number of amides is 1. The molecule has 0 atom stereocenters. The molecule has 102 valence electrons. The van der Waals surface area contributed by atoms with E-state index in [4.69, 9.17) is 0 Å². The van der Waals surface area contributed by atoms with Gasteiger partial charge in [-0.15, -0.1) is 0 Å². The zero-order chi connectivity index (χ0) is 13.5. The Labute approximate surface area is 111 Å². The summed E-state index contributed by atoms with van der Waals surface area (Å²) in [4.78, 5) is 11.1. The Morgan fingerprint density at radius 2 is 2.06 bits per heavy atom. The average Bonchev–Trinajstić information content (AvgIpc) is 2.16. The van der Waals surface area contributed by atoms with Gasteiger partial charge in [-0.25, -0.2) is 9.52 Å². The lowest BCUT2D eigenvalue weighted by Crippen LogP contribution is -2.47. The molecule has 0 aromatic carbocycles. The predicted octanol–water partition coefficient (Wildman–Crippen LogP) is 1.47. The molecule has 1 N–H and O–H groups in total. The number of hydrogen-bond acceptors (Lipinski definition) is 4. The van der Waals surface area contributed by atoms with Crippen LogP contribution >= 0.6 is 15.9 Å². The van der Waals surface area contributed by atoms with Crippen molar-refractivity contribution in [2.24, 2.45) is 0 Å². The maximum atomic E-state index is 11.9. The highest BCUT2D eigenvalue weighted by Crippen LogP contribution is 2.07. The van der Waals surface area contributed by atoms with Crippen molar-refractivity contribution in [3.8, 4) is 0 Å². The average molecular weight is 331 g/mol. The number of hydrogen-bond donors (Lipinski definition) is 1. The first-order valence-electron chi connectivity index (χ1n) is 5.37. The van der Waals surface area contributed by atoms with E-state index in [2.05, 4.69) is 20.7 Å². The molecule has 0 saturated carbocycles. The van der Waals surface area contributed by atoms with Crippen LogP contribution in [0.4, 0.5) is 4.79 Å². The van der Waals surface area contributed by atoms with Crippen molar-refractivity contribution < 1.29 is 17.9 Å². The van der Waals surface area contributed by atoms with Crippen molar-refractivity contribution in [2.45, 2.75) is 33.2 Å². The van der Waals surface area contributed by atoms with Crippen LogP contribution in [0.25, 0.3) is 0 Å². The third kappa shape index (κ3) is 6.23. The molecule has 0 bridgehead atoms. The fraction of sp³-hybridized carbons (Fsp3) is 0.889. The summed E-state index contributed by atoms with van der Waals surface area (Å²) in [7, 11) is -3.83. The number of alkyl halides is 1. The van der Waals surface area contributed by atoms with Gasteiger partial charge in [-0.3, -0.25) is 0 Å². The van der Waals surface area contributed by atoms with Crippen molar-refractivity contribution in [3.05, 3.63) is 0 Å². The number of carbonyl (C=O) groups is 1. The summed E-state index contributed by atoms with van der Waals surface area (Å²) in [6.07, 6.45) is -0.279. The predicted molar refractivity (Wildman–Crippen MR) is 69.3 cm³/mol. The van der Waals surface area contributed by atoms with E-state index in [1.807, 2.05) is 4.72 Å². The summed E-state index contributed by atoms with van der Waals surface area (Å²) < 4.78 is 31.4. The molecule has 8 heteroatoms. The highest BCUT2D eigenvalue weighted by molar-refractivity contribution is 9.09. The summed E-state index contributed by atoms with van der Waals surface area (Å²) in [6.45, 7) is 5.58. The van der Waals surface area contributed by atoms with Gasteiger partial charge in [0.2, 0.25) is 0 Å². The fourth-order valence-corrected chi connectivity index (χ4v) is 2.76. The second kappa shape index (κ2) is 7.88. The van der Waals surface area contributed by atoms with Crippen LogP contribution in [0.5, 0.6) is 0 Å². The van der Waals surface area contributed by atoms with Crippen molar-refractivity contribution >= 4 is 32.2 Å². The molecule has 0 aliphatic rings. The van der Waals surface area contributed by atoms with Gasteiger partial charge in [0, 0.05) is 17.9 Å². The van der Waals surface area contributed by atoms with Gasteiger partial charge in [0.05, 0.1) is 6.61 Å². The SMILES string of the molecule is CCOC(=O)NS(=O)(=O)N(CCCBr)C(C)C. The lowest BCUT2D eigenvalue weighted by Gasteiger charge is -2.25. The molecular formula is C9H19BrN2O4S. The molecular weight excluding hydrogens is 312 g/mol. The van der Waals surface area contributed by atoms with Crippen molar-refractivity contribution in [1.82, 2.24) is 9.03 Å². The van der Waals surface area contributed by atoms with E-state index >= 15 is 0 Å². The van der Waals surface area contributed by atoms with Crippen LogP contribution in [0.3, 0.4) is 0 Å². The van der Waals surface area contributed by atoms with Gasteiger partial charge in [0.1, 0.15) is 0 Å². The third-order valence-electron chi connectivity index (χ3n) is 1.88. The van der Waals surface area contributed by atoms with E-state index in [9.17, 15) is 13.2 Å². The molecule has 0 rings (SSSR count).